The topological polar surface area (TPSA) is 46.3 Å². The van der Waals surface area contributed by atoms with Gasteiger partial charge in [0.2, 0.25) is 5.91 Å². The maximum Gasteiger partial charge on any atom is 0.231 e. The van der Waals surface area contributed by atoms with Gasteiger partial charge < -0.3 is 10.6 Å². The highest BCUT2D eigenvalue weighted by molar-refractivity contribution is 5.95. The molecule has 0 bridgehead atoms. The van der Waals surface area contributed by atoms with E-state index in [1.807, 2.05) is 39.8 Å². The van der Waals surface area contributed by atoms with Crippen molar-refractivity contribution in [1.82, 2.24) is 0 Å². The maximum atomic E-state index is 12.2. The summed E-state index contributed by atoms with van der Waals surface area (Å²) in [5.41, 5.74) is 9.03. The minimum Gasteiger partial charge on any atom is -0.327 e. The van der Waals surface area contributed by atoms with Crippen molar-refractivity contribution < 1.29 is 4.79 Å². The second-order valence-electron chi connectivity index (χ2n) is 4.83. The fourth-order valence-electron chi connectivity index (χ4n) is 1.83. The van der Waals surface area contributed by atoms with Gasteiger partial charge in [-0.25, -0.2) is 0 Å². The molecule has 0 aromatic heterocycles. The second kappa shape index (κ2) is 5.32. The molecule has 0 spiro atoms. The first-order chi connectivity index (χ1) is 7.84. The van der Waals surface area contributed by atoms with E-state index in [1.54, 1.807) is 11.9 Å². The van der Waals surface area contributed by atoms with Crippen molar-refractivity contribution in [2.75, 3.05) is 11.9 Å². The van der Waals surface area contributed by atoms with Crippen LogP contribution in [0.4, 0.5) is 5.69 Å². The van der Waals surface area contributed by atoms with Gasteiger partial charge in [0.25, 0.3) is 0 Å². The summed E-state index contributed by atoms with van der Waals surface area (Å²) < 4.78 is 0. The first-order valence-electron chi connectivity index (χ1n) is 5.95. The Hall–Kier alpha value is -1.35. The van der Waals surface area contributed by atoms with Gasteiger partial charge >= 0.3 is 0 Å². The molecule has 0 aliphatic rings. The number of hydrogen-bond acceptors (Lipinski definition) is 2. The highest BCUT2D eigenvalue weighted by Gasteiger charge is 2.22. The monoisotopic (exact) mass is 234 g/mol. The Morgan fingerprint density at radius 3 is 2.35 bits per heavy atom. The zero-order valence-corrected chi connectivity index (χ0v) is 11.3. The number of carbonyl (C=O) groups is 1. The number of hydrogen-bond donors (Lipinski definition) is 1. The lowest BCUT2D eigenvalue weighted by Gasteiger charge is -2.25. The molecule has 3 nitrogen and oxygen atoms in total. The number of carbonyl (C=O) groups excluding carboxylic acids is 1. The highest BCUT2D eigenvalue weighted by atomic mass is 16.2. The normalized spacial score (nSPS) is 14.2. The zero-order valence-electron chi connectivity index (χ0n) is 11.3. The van der Waals surface area contributed by atoms with Crippen LogP contribution in [0.25, 0.3) is 0 Å². The largest absolute Gasteiger partial charge is 0.327 e. The molecule has 1 amide bonds. The average Bonchev–Trinajstić information content (AvgIpc) is 2.26. The van der Waals surface area contributed by atoms with E-state index in [0.29, 0.717) is 0 Å². The minimum absolute atomic E-state index is 0.0620. The summed E-state index contributed by atoms with van der Waals surface area (Å²) in [7, 11) is 1.80. The fraction of sp³-hybridized carbons (Fsp3) is 0.500. The molecule has 2 unspecified atom stereocenters. The van der Waals surface area contributed by atoms with Crippen molar-refractivity contribution in [3.63, 3.8) is 0 Å². The molecule has 1 aromatic carbocycles. The van der Waals surface area contributed by atoms with Gasteiger partial charge in [0.05, 0.1) is 5.92 Å². The first-order valence-corrected chi connectivity index (χ1v) is 5.95. The quantitative estimate of drug-likeness (QED) is 0.872. The summed E-state index contributed by atoms with van der Waals surface area (Å²) in [5.74, 6) is -0.104. The molecular weight excluding hydrogens is 212 g/mol. The molecule has 94 valence electrons. The Kier molecular flexibility index (Phi) is 4.29. The van der Waals surface area contributed by atoms with Crippen molar-refractivity contribution in [2.24, 2.45) is 11.7 Å². The van der Waals surface area contributed by atoms with Gasteiger partial charge in [0.15, 0.2) is 0 Å². The van der Waals surface area contributed by atoms with Crippen LogP contribution in [-0.2, 0) is 4.79 Å². The summed E-state index contributed by atoms with van der Waals surface area (Å²) in [4.78, 5) is 13.9. The predicted octanol–water partition coefficient (Wildman–Crippen LogP) is 2.25. The third kappa shape index (κ3) is 3.07. The van der Waals surface area contributed by atoms with Gasteiger partial charge in [0, 0.05) is 18.8 Å². The molecule has 1 rings (SSSR count). The summed E-state index contributed by atoms with van der Waals surface area (Å²) in [6.45, 7) is 7.79. The van der Waals surface area contributed by atoms with Crippen molar-refractivity contribution in [3.05, 3.63) is 29.3 Å². The van der Waals surface area contributed by atoms with Crippen LogP contribution in [0.1, 0.15) is 25.0 Å². The average molecular weight is 234 g/mol. The Morgan fingerprint density at radius 1 is 1.29 bits per heavy atom. The number of benzene rings is 1. The molecule has 0 aliphatic heterocycles. The van der Waals surface area contributed by atoms with Gasteiger partial charge in [-0.2, -0.15) is 0 Å². The molecule has 2 atom stereocenters. The Bertz CT molecular complexity index is 413. The van der Waals surface area contributed by atoms with Crippen LogP contribution in [0, 0.1) is 19.8 Å². The van der Waals surface area contributed by atoms with Crippen LogP contribution in [0.5, 0.6) is 0 Å². The van der Waals surface area contributed by atoms with Crippen LogP contribution >= 0.6 is 0 Å². The van der Waals surface area contributed by atoms with E-state index in [4.69, 9.17) is 5.73 Å². The third-order valence-electron chi connectivity index (χ3n) is 3.22. The Morgan fingerprint density at radius 2 is 1.88 bits per heavy atom. The van der Waals surface area contributed by atoms with Crippen LogP contribution in [0.2, 0.25) is 0 Å². The lowest BCUT2D eigenvalue weighted by molar-refractivity contribution is -0.122. The van der Waals surface area contributed by atoms with Crippen LogP contribution in [0.15, 0.2) is 18.2 Å². The number of rotatable bonds is 3. The number of anilines is 1. The lowest BCUT2D eigenvalue weighted by atomic mass is 10.0. The van der Waals surface area contributed by atoms with Gasteiger partial charge in [-0.3, -0.25) is 4.79 Å². The van der Waals surface area contributed by atoms with Crippen molar-refractivity contribution in [3.8, 4) is 0 Å². The first kappa shape index (κ1) is 13.7. The van der Waals surface area contributed by atoms with Crippen molar-refractivity contribution in [1.29, 1.82) is 0 Å². The molecule has 0 aliphatic carbocycles. The van der Waals surface area contributed by atoms with E-state index >= 15 is 0 Å². The maximum absolute atomic E-state index is 12.2. The third-order valence-corrected chi connectivity index (χ3v) is 3.22. The number of nitrogens with zero attached hydrogens (tertiary/aromatic N) is 1. The molecule has 1 aromatic rings. The molecule has 0 heterocycles. The molecule has 17 heavy (non-hydrogen) atoms. The smallest absolute Gasteiger partial charge is 0.231 e. The second-order valence-corrected chi connectivity index (χ2v) is 4.83. The van der Waals surface area contributed by atoms with E-state index < -0.39 is 0 Å². The van der Waals surface area contributed by atoms with Gasteiger partial charge in [-0.1, -0.05) is 24.6 Å². The van der Waals surface area contributed by atoms with Crippen LogP contribution < -0.4 is 10.6 Å². The number of aryl methyl sites for hydroxylation is 2. The SMILES string of the molecule is Cc1ccc(N(C)C(=O)C(C)C(C)N)c(C)c1. The number of nitrogens with two attached hydrogens (primary N) is 1. The molecule has 0 fully saturated rings. The van der Waals surface area contributed by atoms with Crippen molar-refractivity contribution >= 4 is 11.6 Å². The van der Waals surface area contributed by atoms with Gasteiger partial charge in [-0.05, 0) is 32.4 Å². The predicted molar refractivity (Wildman–Crippen MR) is 72.1 cm³/mol. The standard InChI is InChI=1S/C14H22N2O/c1-9-6-7-13(10(2)8-9)16(5)14(17)11(3)12(4)15/h6-8,11-12H,15H2,1-5H3. The lowest BCUT2D eigenvalue weighted by Crippen LogP contribution is -2.40. The molecule has 2 N–H and O–H groups in total. The fourth-order valence-corrected chi connectivity index (χ4v) is 1.83. The van der Waals surface area contributed by atoms with Gasteiger partial charge in [-0.15, -0.1) is 0 Å². The summed E-state index contributed by atoms with van der Waals surface area (Å²) in [6, 6.07) is 5.95. The molecule has 3 heteroatoms. The molecule has 0 saturated carbocycles. The summed E-state index contributed by atoms with van der Waals surface area (Å²) >= 11 is 0. The van der Waals surface area contributed by atoms with E-state index in [9.17, 15) is 4.79 Å². The minimum atomic E-state index is -0.166. The summed E-state index contributed by atoms with van der Waals surface area (Å²) in [5, 5.41) is 0. The van der Waals surface area contributed by atoms with Crippen LogP contribution in [-0.4, -0.2) is 19.0 Å². The zero-order chi connectivity index (χ0) is 13.2. The van der Waals surface area contributed by atoms with Crippen LogP contribution in [0.3, 0.4) is 0 Å². The molecule has 0 saturated heterocycles. The Labute approximate surface area is 104 Å². The molecular formula is C14H22N2O. The number of amides is 1. The van der Waals surface area contributed by atoms with E-state index in [1.165, 1.54) is 5.56 Å². The van der Waals surface area contributed by atoms with E-state index in [-0.39, 0.29) is 17.9 Å². The van der Waals surface area contributed by atoms with Gasteiger partial charge in [0.1, 0.15) is 0 Å². The van der Waals surface area contributed by atoms with E-state index in [2.05, 4.69) is 6.07 Å². The highest BCUT2D eigenvalue weighted by Crippen LogP contribution is 2.21. The molecule has 0 radical (unpaired) electrons. The Balaban J connectivity index is 2.96. The van der Waals surface area contributed by atoms with Crippen molar-refractivity contribution in [2.45, 2.75) is 33.7 Å². The summed E-state index contributed by atoms with van der Waals surface area (Å²) in [6.07, 6.45) is 0. The van der Waals surface area contributed by atoms with E-state index in [0.717, 1.165) is 11.3 Å².